The molecule has 7 heteroatoms. The highest BCUT2D eigenvalue weighted by Gasteiger charge is 2.26. The third-order valence-corrected chi connectivity index (χ3v) is 5.18. The van der Waals surface area contributed by atoms with Crippen LogP contribution in [0.1, 0.15) is 24.3 Å². The molecule has 0 bridgehead atoms. The summed E-state index contributed by atoms with van der Waals surface area (Å²) in [5.74, 6) is 1.69. The van der Waals surface area contributed by atoms with Crippen molar-refractivity contribution < 1.29 is 9.21 Å². The molecule has 1 amide bonds. The number of aromatic nitrogens is 1. The SMILES string of the molecule is Cc1oc(-c2cccs2)nc1CN1CCCC(C(=O)NCCN)C1. The van der Waals surface area contributed by atoms with Crippen LogP contribution in [0.15, 0.2) is 21.9 Å². The molecule has 1 aliphatic rings. The van der Waals surface area contributed by atoms with Gasteiger partial charge >= 0.3 is 0 Å². The quantitative estimate of drug-likeness (QED) is 0.834. The van der Waals surface area contributed by atoms with Gasteiger partial charge in [0.1, 0.15) is 5.76 Å². The number of thiophene rings is 1. The molecule has 1 fully saturated rings. The van der Waals surface area contributed by atoms with Gasteiger partial charge in [0, 0.05) is 26.2 Å². The van der Waals surface area contributed by atoms with Gasteiger partial charge in [-0.3, -0.25) is 9.69 Å². The minimum absolute atomic E-state index is 0.0364. The molecule has 1 unspecified atom stereocenters. The lowest BCUT2D eigenvalue weighted by molar-refractivity contribution is -0.126. The zero-order valence-corrected chi connectivity index (χ0v) is 14.8. The Labute approximate surface area is 146 Å². The van der Waals surface area contributed by atoms with Gasteiger partial charge in [-0.2, -0.15) is 0 Å². The number of hydrogen-bond donors (Lipinski definition) is 2. The van der Waals surface area contributed by atoms with Gasteiger partial charge in [0.25, 0.3) is 0 Å². The lowest BCUT2D eigenvalue weighted by Gasteiger charge is -2.31. The van der Waals surface area contributed by atoms with Crippen LogP contribution in [0.4, 0.5) is 0 Å². The topological polar surface area (TPSA) is 84.4 Å². The maximum absolute atomic E-state index is 12.2. The number of hydrogen-bond acceptors (Lipinski definition) is 6. The van der Waals surface area contributed by atoms with Crippen LogP contribution in [0.25, 0.3) is 10.8 Å². The van der Waals surface area contributed by atoms with Gasteiger partial charge in [-0.25, -0.2) is 4.98 Å². The van der Waals surface area contributed by atoms with Gasteiger partial charge in [-0.1, -0.05) is 6.07 Å². The zero-order valence-electron chi connectivity index (χ0n) is 14.0. The fourth-order valence-corrected chi connectivity index (χ4v) is 3.69. The van der Waals surface area contributed by atoms with Crippen molar-refractivity contribution in [3.05, 3.63) is 29.0 Å². The Morgan fingerprint density at radius 1 is 1.58 bits per heavy atom. The molecule has 6 nitrogen and oxygen atoms in total. The summed E-state index contributed by atoms with van der Waals surface area (Å²) in [4.78, 5) is 20.1. The van der Waals surface area contributed by atoms with E-state index in [4.69, 9.17) is 10.2 Å². The molecule has 130 valence electrons. The molecule has 2 aromatic heterocycles. The lowest BCUT2D eigenvalue weighted by Crippen LogP contribution is -2.43. The standard InChI is InChI=1S/C17H24N4O2S/c1-12-14(20-17(23-12)15-5-3-9-24-15)11-21-8-2-4-13(10-21)16(22)19-7-6-18/h3,5,9,13H,2,4,6-8,10-11,18H2,1H3,(H,19,22). The highest BCUT2D eigenvalue weighted by atomic mass is 32.1. The molecule has 0 saturated carbocycles. The predicted molar refractivity (Wildman–Crippen MR) is 94.6 cm³/mol. The number of nitrogens with zero attached hydrogens (tertiary/aromatic N) is 2. The van der Waals surface area contributed by atoms with E-state index in [1.165, 1.54) is 0 Å². The summed E-state index contributed by atoms with van der Waals surface area (Å²) in [6, 6.07) is 4.01. The van der Waals surface area contributed by atoms with E-state index in [-0.39, 0.29) is 11.8 Å². The van der Waals surface area contributed by atoms with Crippen molar-refractivity contribution in [3.63, 3.8) is 0 Å². The molecule has 3 rings (SSSR count). The van der Waals surface area contributed by atoms with Crippen molar-refractivity contribution in [2.24, 2.45) is 11.7 Å². The van der Waals surface area contributed by atoms with Crippen LogP contribution in [-0.4, -0.2) is 42.0 Å². The summed E-state index contributed by atoms with van der Waals surface area (Å²) in [7, 11) is 0. The second kappa shape index (κ2) is 7.92. The first kappa shape index (κ1) is 17.1. The van der Waals surface area contributed by atoms with Crippen LogP contribution in [0.5, 0.6) is 0 Å². The molecule has 1 atom stereocenters. The Morgan fingerprint density at radius 2 is 2.46 bits per heavy atom. The summed E-state index contributed by atoms with van der Waals surface area (Å²) in [6.45, 7) is 5.45. The molecule has 0 radical (unpaired) electrons. The van der Waals surface area contributed by atoms with E-state index in [0.29, 0.717) is 19.0 Å². The molecule has 1 aliphatic heterocycles. The number of nitrogens with one attached hydrogen (secondary N) is 1. The van der Waals surface area contributed by atoms with Gasteiger partial charge in [-0.15, -0.1) is 11.3 Å². The largest absolute Gasteiger partial charge is 0.440 e. The predicted octanol–water partition coefficient (Wildman–Crippen LogP) is 2.00. The number of piperidine rings is 1. The van der Waals surface area contributed by atoms with Gasteiger partial charge in [0.15, 0.2) is 0 Å². The molecule has 0 spiro atoms. The molecule has 24 heavy (non-hydrogen) atoms. The third kappa shape index (κ3) is 4.03. The number of carbonyl (C=O) groups is 1. The molecular weight excluding hydrogens is 324 g/mol. The number of rotatable bonds is 6. The van der Waals surface area contributed by atoms with E-state index in [2.05, 4.69) is 15.2 Å². The van der Waals surface area contributed by atoms with E-state index in [1.54, 1.807) is 11.3 Å². The van der Waals surface area contributed by atoms with Crippen molar-refractivity contribution in [2.75, 3.05) is 26.2 Å². The summed E-state index contributed by atoms with van der Waals surface area (Å²) in [5.41, 5.74) is 6.41. The van der Waals surface area contributed by atoms with Crippen LogP contribution in [0.2, 0.25) is 0 Å². The second-order valence-electron chi connectivity index (χ2n) is 6.15. The summed E-state index contributed by atoms with van der Waals surface area (Å²) < 4.78 is 5.81. The number of likely N-dealkylation sites (tertiary alicyclic amines) is 1. The van der Waals surface area contributed by atoms with Crippen molar-refractivity contribution in [3.8, 4) is 10.8 Å². The molecule has 0 aliphatic carbocycles. The highest BCUT2D eigenvalue weighted by molar-refractivity contribution is 7.13. The van der Waals surface area contributed by atoms with Crippen LogP contribution in [0.3, 0.4) is 0 Å². The Hall–Kier alpha value is -1.70. The van der Waals surface area contributed by atoms with Gasteiger partial charge in [0.05, 0.1) is 16.5 Å². The normalized spacial score (nSPS) is 18.7. The van der Waals surface area contributed by atoms with E-state index < -0.39 is 0 Å². The third-order valence-electron chi connectivity index (χ3n) is 4.32. The van der Waals surface area contributed by atoms with Crippen LogP contribution >= 0.6 is 11.3 Å². The van der Waals surface area contributed by atoms with E-state index in [1.807, 2.05) is 24.4 Å². The Kier molecular flexibility index (Phi) is 5.65. The van der Waals surface area contributed by atoms with Crippen LogP contribution in [0, 0.1) is 12.8 Å². The monoisotopic (exact) mass is 348 g/mol. The molecule has 0 aromatic carbocycles. The van der Waals surface area contributed by atoms with E-state index >= 15 is 0 Å². The minimum atomic E-state index is 0.0364. The molecule has 2 aromatic rings. The summed E-state index contributed by atoms with van der Waals surface area (Å²) >= 11 is 1.62. The number of carbonyl (C=O) groups excluding carboxylic acids is 1. The van der Waals surface area contributed by atoms with Gasteiger partial charge < -0.3 is 15.5 Å². The van der Waals surface area contributed by atoms with Crippen molar-refractivity contribution in [1.29, 1.82) is 0 Å². The zero-order chi connectivity index (χ0) is 16.9. The first-order chi connectivity index (χ1) is 11.7. The maximum Gasteiger partial charge on any atom is 0.236 e. The number of nitrogens with two attached hydrogens (primary N) is 1. The number of aryl methyl sites for hydroxylation is 1. The lowest BCUT2D eigenvalue weighted by atomic mass is 9.97. The smallest absolute Gasteiger partial charge is 0.236 e. The second-order valence-corrected chi connectivity index (χ2v) is 7.10. The Morgan fingerprint density at radius 3 is 3.21 bits per heavy atom. The van der Waals surface area contributed by atoms with Crippen LogP contribution in [-0.2, 0) is 11.3 Å². The first-order valence-electron chi connectivity index (χ1n) is 8.37. The minimum Gasteiger partial charge on any atom is -0.440 e. The van der Waals surface area contributed by atoms with E-state index in [0.717, 1.165) is 48.8 Å². The van der Waals surface area contributed by atoms with Gasteiger partial charge in [-0.05, 0) is 37.8 Å². The van der Waals surface area contributed by atoms with Crippen LogP contribution < -0.4 is 11.1 Å². The van der Waals surface area contributed by atoms with Crippen molar-refractivity contribution >= 4 is 17.2 Å². The molecule has 1 saturated heterocycles. The summed E-state index contributed by atoms with van der Waals surface area (Å²) in [5, 5.41) is 4.91. The molecular formula is C17H24N4O2S. The summed E-state index contributed by atoms with van der Waals surface area (Å²) in [6.07, 6.45) is 1.96. The Bertz CT molecular complexity index is 668. The molecule has 3 heterocycles. The maximum atomic E-state index is 12.2. The number of amides is 1. The Balaban J connectivity index is 1.62. The highest BCUT2D eigenvalue weighted by Crippen LogP contribution is 2.27. The average molecular weight is 348 g/mol. The van der Waals surface area contributed by atoms with Gasteiger partial charge in [0.2, 0.25) is 11.8 Å². The van der Waals surface area contributed by atoms with Crippen molar-refractivity contribution in [1.82, 2.24) is 15.2 Å². The molecule has 3 N–H and O–H groups in total. The average Bonchev–Trinajstić information content (AvgIpc) is 3.23. The number of oxazole rings is 1. The van der Waals surface area contributed by atoms with Crippen molar-refractivity contribution in [2.45, 2.75) is 26.3 Å². The fraction of sp³-hybridized carbons (Fsp3) is 0.529. The van der Waals surface area contributed by atoms with E-state index in [9.17, 15) is 4.79 Å². The fourth-order valence-electron chi connectivity index (χ4n) is 3.05. The first-order valence-corrected chi connectivity index (χ1v) is 9.25.